The molecule has 0 unspecified atom stereocenters. The van der Waals surface area contributed by atoms with Gasteiger partial charge in [0.1, 0.15) is 5.75 Å². The second kappa shape index (κ2) is 9.31. The molecule has 1 amide bonds. The zero-order chi connectivity index (χ0) is 19.1. The second-order valence-corrected chi connectivity index (χ2v) is 6.82. The molecule has 0 saturated carbocycles. The van der Waals surface area contributed by atoms with Crippen molar-refractivity contribution >= 4 is 5.91 Å². The third-order valence-electron chi connectivity index (χ3n) is 5.05. The van der Waals surface area contributed by atoms with Crippen LogP contribution >= 0.6 is 0 Å². The Morgan fingerprint density at radius 2 is 1.70 bits per heavy atom. The lowest BCUT2D eigenvalue weighted by molar-refractivity contribution is -0.134. The van der Waals surface area contributed by atoms with Gasteiger partial charge in [-0.3, -0.25) is 4.79 Å². The zero-order valence-corrected chi connectivity index (χ0v) is 16.0. The Bertz CT molecular complexity index is 739. The van der Waals surface area contributed by atoms with Crippen LogP contribution in [0.15, 0.2) is 48.5 Å². The van der Waals surface area contributed by atoms with E-state index in [1.165, 1.54) is 5.56 Å². The van der Waals surface area contributed by atoms with Crippen LogP contribution in [0.5, 0.6) is 17.2 Å². The van der Waals surface area contributed by atoms with E-state index in [0.717, 1.165) is 49.6 Å². The number of nitrogens with zero attached hydrogens (tertiary/aromatic N) is 1. The lowest BCUT2D eigenvalue weighted by Crippen LogP contribution is -2.41. The molecular weight excluding hydrogens is 342 g/mol. The van der Waals surface area contributed by atoms with Crippen LogP contribution < -0.4 is 14.2 Å². The summed E-state index contributed by atoms with van der Waals surface area (Å²) in [7, 11) is 3.30. The molecule has 0 spiro atoms. The fourth-order valence-electron chi connectivity index (χ4n) is 3.48. The summed E-state index contributed by atoms with van der Waals surface area (Å²) >= 11 is 0. The molecule has 5 heteroatoms. The first-order valence-corrected chi connectivity index (χ1v) is 9.36. The number of carbonyl (C=O) groups excluding carboxylic acids is 1. The lowest BCUT2D eigenvalue weighted by Gasteiger charge is -2.32. The first kappa shape index (κ1) is 19.1. The molecule has 0 aliphatic carbocycles. The molecule has 1 heterocycles. The van der Waals surface area contributed by atoms with Crippen molar-refractivity contribution in [3.63, 3.8) is 0 Å². The molecule has 1 aliphatic rings. The summed E-state index contributed by atoms with van der Waals surface area (Å²) in [6, 6.07) is 15.5. The summed E-state index contributed by atoms with van der Waals surface area (Å²) in [6.07, 6.45) is 3.00. The Balaban J connectivity index is 1.46. The number of ether oxygens (including phenoxy) is 3. The molecular formula is C22H27NO4. The number of methoxy groups -OCH3 is 2. The molecule has 1 saturated heterocycles. The second-order valence-electron chi connectivity index (χ2n) is 6.82. The van der Waals surface area contributed by atoms with Crippen LogP contribution in [0.3, 0.4) is 0 Å². The number of rotatable bonds is 7. The van der Waals surface area contributed by atoms with Gasteiger partial charge >= 0.3 is 0 Å². The standard InChI is InChI=1S/C22H27NO4/c1-25-20-9-8-18(15-21(20)26-2)14-17-10-12-23(13-11-17)22(24)16-27-19-6-4-3-5-7-19/h3-9,15,17H,10-14,16H2,1-2H3. The Morgan fingerprint density at radius 3 is 2.37 bits per heavy atom. The molecule has 0 aromatic heterocycles. The van der Waals surface area contributed by atoms with E-state index >= 15 is 0 Å². The van der Waals surface area contributed by atoms with E-state index < -0.39 is 0 Å². The summed E-state index contributed by atoms with van der Waals surface area (Å²) in [5.41, 5.74) is 1.24. The van der Waals surface area contributed by atoms with E-state index in [1.54, 1.807) is 14.2 Å². The average molecular weight is 369 g/mol. The number of para-hydroxylation sites is 1. The van der Waals surface area contributed by atoms with E-state index in [4.69, 9.17) is 14.2 Å². The van der Waals surface area contributed by atoms with Gasteiger partial charge in [0.2, 0.25) is 0 Å². The molecule has 0 radical (unpaired) electrons. The van der Waals surface area contributed by atoms with E-state index in [9.17, 15) is 4.79 Å². The predicted molar refractivity (Wildman–Crippen MR) is 104 cm³/mol. The molecule has 0 bridgehead atoms. The summed E-state index contributed by atoms with van der Waals surface area (Å²) in [5, 5.41) is 0. The zero-order valence-electron chi connectivity index (χ0n) is 16.0. The van der Waals surface area contributed by atoms with Gasteiger partial charge in [0.05, 0.1) is 14.2 Å². The monoisotopic (exact) mass is 369 g/mol. The summed E-state index contributed by atoms with van der Waals surface area (Å²) in [6.45, 7) is 1.67. The number of carbonyl (C=O) groups is 1. The SMILES string of the molecule is COc1ccc(CC2CCN(C(=O)COc3ccccc3)CC2)cc1OC. The van der Waals surface area contributed by atoms with Crippen molar-refractivity contribution in [1.29, 1.82) is 0 Å². The van der Waals surface area contributed by atoms with Crippen LogP contribution in [0.2, 0.25) is 0 Å². The Morgan fingerprint density at radius 1 is 1.00 bits per heavy atom. The van der Waals surface area contributed by atoms with Crippen molar-refractivity contribution in [2.24, 2.45) is 5.92 Å². The van der Waals surface area contributed by atoms with Crippen molar-refractivity contribution in [3.8, 4) is 17.2 Å². The van der Waals surface area contributed by atoms with Crippen LogP contribution in [0.25, 0.3) is 0 Å². The van der Waals surface area contributed by atoms with Gasteiger partial charge in [-0.25, -0.2) is 0 Å². The van der Waals surface area contributed by atoms with Gasteiger partial charge in [0.15, 0.2) is 18.1 Å². The van der Waals surface area contributed by atoms with E-state index in [0.29, 0.717) is 5.92 Å². The quantitative estimate of drug-likeness (QED) is 0.749. The fraction of sp³-hybridized carbons (Fsp3) is 0.409. The third-order valence-corrected chi connectivity index (χ3v) is 5.05. The Labute approximate surface area is 160 Å². The minimum absolute atomic E-state index is 0.0587. The van der Waals surface area contributed by atoms with Gasteiger partial charge in [0.25, 0.3) is 5.91 Å². The number of hydrogen-bond donors (Lipinski definition) is 0. The number of likely N-dealkylation sites (tertiary alicyclic amines) is 1. The van der Waals surface area contributed by atoms with Crippen molar-refractivity contribution in [2.45, 2.75) is 19.3 Å². The molecule has 2 aromatic carbocycles. The smallest absolute Gasteiger partial charge is 0.260 e. The molecule has 1 fully saturated rings. The minimum Gasteiger partial charge on any atom is -0.493 e. The Kier molecular flexibility index (Phi) is 6.58. The summed E-state index contributed by atoms with van der Waals surface area (Å²) < 4.78 is 16.3. The average Bonchev–Trinajstić information content (AvgIpc) is 2.73. The van der Waals surface area contributed by atoms with Gasteiger partial charge in [-0.05, 0) is 55.0 Å². The maximum absolute atomic E-state index is 12.4. The summed E-state index contributed by atoms with van der Waals surface area (Å²) in [4.78, 5) is 14.3. The highest BCUT2D eigenvalue weighted by atomic mass is 16.5. The highest BCUT2D eigenvalue weighted by Crippen LogP contribution is 2.30. The number of hydrogen-bond acceptors (Lipinski definition) is 4. The highest BCUT2D eigenvalue weighted by Gasteiger charge is 2.23. The van der Waals surface area contributed by atoms with Crippen molar-refractivity contribution in [3.05, 3.63) is 54.1 Å². The van der Waals surface area contributed by atoms with E-state index in [1.807, 2.05) is 47.4 Å². The highest BCUT2D eigenvalue weighted by molar-refractivity contribution is 5.77. The minimum atomic E-state index is 0.0587. The lowest BCUT2D eigenvalue weighted by atomic mass is 9.90. The van der Waals surface area contributed by atoms with Crippen LogP contribution in [-0.4, -0.2) is 44.7 Å². The number of piperidine rings is 1. The molecule has 5 nitrogen and oxygen atoms in total. The van der Waals surface area contributed by atoms with Crippen molar-refractivity contribution in [1.82, 2.24) is 4.90 Å². The molecule has 3 rings (SSSR count). The fourth-order valence-corrected chi connectivity index (χ4v) is 3.48. The maximum atomic E-state index is 12.4. The topological polar surface area (TPSA) is 48.0 Å². The maximum Gasteiger partial charge on any atom is 0.260 e. The van der Waals surface area contributed by atoms with Gasteiger partial charge in [-0.1, -0.05) is 24.3 Å². The molecule has 1 aliphatic heterocycles. The van der Waals surface area contributed by atoms with Crippen molar-refractivity contribution in [2.75, 3.05) is 33.9 Å². The van der Waals surface area contributed by atoms with E-state index in [-0.39, 0.29) is 12.5 Å². The van der Waals surface area contributed by atoms with Crippen LogP contribution in [0.4, 0.5) is 0 Å². The molecule has 0 N–H and O–H groups in total. The normalized spacial score (nSPS) is 14.7. The molecule has 27 heavy (non-hydrogen) atoms. The molecule has 2 aromatic rings. The first-order valence-electron chi connectivity index (χ1n) is 9.36. The number of benzene rings is 2. The van der Waals surface area contributed by atoms with Gasteiger partial charge in [-0.15, -0.1) is 0 Å². The van der Waals surface area contributed by atoms with Gasteiger partial charge in [0, 0.05) is 13.1 Å². The number of amides is 1. The summed E-state index contributed by atoms with van der Waals surface area (Å²) in [5.74, 6) is 2.88. The van der Waals surface area contributed by atoms with Crippen LogP contribution in [0.1, 0.15) is 18.4 Å². The van der Waals surface area contributed by atoms with Crippen LogP contribution in [0, 0.1) is 5.92 Å². The molecule has 144 valence electrons. The largest absolute Gasteiger partial charge is 0.493 e. The predicted octanol–water partition coefficient (Wildman–Crippen LogP) is 3.56. The van der Waals surface area contributed by atoms with Crippen molar-refractivity contribution < 1.29 is 19.0 Å². The first-order chi connectivity index (χ1) is 13.2. The van der Waals surface area contributed by atoms with Gasteiger partial charge in [-0.2, -0.15) is 0 Å². The van der Waals surface area contributed by atoms with Crippen LogP contribution in [-0.2, 0) is 11.2 Å². The van der Waals surface area contributed by atoms with E-state index in [2.05, 4.69) is 6.07 Å². The molecule has 0 atom stereocenters. The third kappa shape index (κ3) is 5.16. The van der Waals surface area contributed by atoms with Gasteiger partial charge < -0.3 is 19.1 Å². The Hall–Kier alpha value is -2.69.